The number of carbonyl (C=O) groups excluding carboxylic acids is 1. The number of rotatable bonds is 2. The minimum absolute atomic E-state index is 0.0273. The number of nitrogens with one attached hydrogen (secondary N) is 1. The number of hydrogen-bond donors (Lipinski definition) is 1. The third-order valence-corrected chi connectivity index (χ3v) is 6.15. The van der Waals surface area contributed by atoms with Crippen molar-refractivity contribution in [1.29, 1.82) is 0 Å². The van der Waals surface area contributed by atoms with E-state index in [1.807, 2.05) is 65.6 Å². The SMILES string of the molecule is Cc1cccc(CNC(=O)N2CCN(C3=Nc4ccccc4Oc4ccccc43)CC2C)c1. The van der Waals surface area contributed by atoms with E-state index in [1.54, 1.807) is 0 Å². The van der Waals surface area contributed by atoms with Crippen LogP contribution in [0.15, 0.2) is 77.8 Å². The molecule has 2 heterocycles. The van der Waals surface area contributed by atoms with Gasteiger partial charge in [-0.25, -0.2) is 9.79 Å². The third-order valence-electron chi connectivity index (χ3n) is 6.15. The normalized spacial score (nSPS) is 17.3. The van der Waals surface area contributed by atoms with E-state index < -0.39 is 0 Å². The van der Waals surface area contributed by atoms with Crippen molar-refractivity contribution in [2.75, 3.05) is 19.6 Å². The van der Waals surface area contributed by atoms with Crippen molar-refractivity contribution in [1.82, 2.24) is 15.1 Å². The molecule has 1 atom stereocenters. The Balaban J connectivity index is 1.32. The molecule has 0 radical (unpaired) electrons. The standard InChI is InChI=1S/C27H28N4O2/c1-19-8-7-9-21(16-19)17-28-27(32)31-15-14-30(18-20(31)2)26-22-10-3-5-12-24(22)33-25-13-6-4-11-23(25)29-26/h3-13,16,20H,14-15,17-18H2,1-2H3,(H,28,32). The summed E-state index contributed by atoms with van der Waals surface area (Å²) in [6, 6.07) is 24.1. The maximum atomic E-state index is 12.9. The molecule has 1 saturated heterocycles. The van der Waals surface area contributed by atoms with Crippen LogP contribution in [0.3, 0.4) is 0 Å². The van der Waals surface area contributed by atoms with E-state index in [4.69, 9.17) is 9.73 Å². The lowest BCUT2D eigenvalue weighted by Gasteiger charge is -2.41. The van der Waals surface area contributed by atoms with Crippen LogP contribution in [-0.2, 0) is 6.54 Å². The van der Waals surface area contributed by atoms with Gasteiger partial charge >= 0.3 is 6.03 Å². The van der Waals surface area contributed by atoms with Gasteiger partial charge in [0.25, 0.3) is 0 Å². The molecule has 33 heavy (non-hydrogen) atoms. The zero-order chi connectivity index (χ0) is 22.8. The molecule has 0 saturated carbocycles. The van der Waals surface area contributed by atoms with Crippen molar-refractivity contribution in [3.05, 3.63) is 89.5 Å². The van der Waals surface area contributed by atoms with Crippen LogP contribution in [0, 0.1) is 6.92 Å². The number of carbonyl (C=O) groups is 1. The molecule has 0 bridgehead atoms. The van der Waals surface area contributed by atoms with E-state index in [1.165, 1.54) is 5.56 Å². The topological polar surface area (TPSA) is 57.2 Å². The first-order valence-electron chi connectivity index (χ1n) is 11.4. The van der Waals surface area contributed by atoms with Crippen molar-refractivity contribution >= 4 is 17.6 Å². The number of piperazine rings is 1. The van der Waals surface area contributed by atoms with Gasteiger partial charge in [-0.3, -0.25) is 0 Å². The minimum Gasteiger partial charge on any atom is -0.454 e. The number of nitrogens with zero attached hydrogens (tertiary/aromatic N) is 3. The summed E-state index contributed by atoms with van der Waals surface area (Å²) in [7, 11) is 0. The molecule has 1 N–H and O–H groups in total. The largest absolute Gasteiger partial charge is 0.454 e. The van der Waals surface area contributed by atoms with Gasteiger partial charge in [0, 0.05) is 32.2 Å². The summed E-state index contributed by atoms with van der Waals surface area (Å²) < 4.78 is 6.18. The number of urea groups is 1. The lowest BCUT2D eigenvalue weighted by molar-refractivity contribution is 0.134. The highest BCUT2D eigenvalue weighted by molar-refractivity contribution is 6.03. The Kier molecular flexibility index (Phi) is 5.73. The summed E-state index contributed by atoms with van der Waals surface area (Å²) in [6.45, 7) is 6.72. The number of fused-ring (bicyclic) bond motifs is 2. The Hall–Kier alpha value is -3.80. The number of aliphatic imine (C=N–C) groups is 1. The van der Waals surface area contributed by atoms with Gasteiger partial charge in [0.15, 0.2) is 5.75 Å². The fraction of sp³-hybridized carbons (Fsp3) is 0.259. The van der Waals surface area contributed by atoms with Crippen LogP contribution < -0.4 is 10.1 Å². The fourth-order valence-electron chi connectivity index (χ4n) is 4.46. The lowest BCUT2D eigenvalue weighted by Crippen LogP contribution is -2.57. The molecule has 2 aliphatic heterocycles. The Labute approximate surface area is 194 Å². The molecule has 1 fully saturated rings. The number of aryl methyl sites for hydroxylation is 1. The van der Waals surface area contributed by atoms with Crippen molar-refractivity contribution in [3.8, 4) is 11.5 Å². The smallest absolute Gasteiger partial charge is 0.318 e. The number of amides is 2. The molecule has 2 amide bonds. The molecular formula is C27H28N4O2. The van der Waals surface area contributed by atoms with Crippen LogP contribution in [-0.4, -0.2) is 47.3 Å². The van der Waals surface area contributed by atoms with Gasteiger partial charge in [-0.2, -0.15) is 0 Å². The molecular weight excluding hydrogens is 412 g/mol. The second-order valence-electron chi connectivity index (χ2n) is 8.64. The van der Waals surface area contributed by atoms with Gasteiger partial charge in [0.2, 0.25) is 0 Å². The fourth-order valence-corrected chi connectivity index (χ4v) is 4.46. The van der Waals surface area contributed by atoms with Crippen LogP contribution in [0.1, 0.15) is 23.6 Å². The molecule has 6 heteroatoms. The van der Waals surface area contributed by atoms with E-state index in [-0.39, 0.29) is 12.1 Å². The first-order valence-corrected chi connectivity index (χ1v) is 11.4. The summed E-state index contributed by atoms with van der Waals surface area (Å²) in [5, 5.41) is 3.08. The Morgan fingerprint density at radius 2 is 1.82 bits per heavy atom. The summed E-state index contributed by atoms with van der Waals surface area (Å²) >= 11 is 0. The maximum absolute atomic E-state index is 12.9. The third kappa shape index (κ3) is 4.42. The van der Waals surface area contributed by atoms with Crippen LogP contribution >= 0.6 is 0 Å². The average molecular weight is 441 g/mol. The van der Waals surface area contributed by atoms with Crippen LogP contribution in [0.5, 0.6) is 11.5 Å². The Bertz CT molecular complexity index is 1210. The molecule has 5 rings (SSSR count). The number of amidine groups is 1. The van der Waals surface area contributed by atoms with Gasteiger partial charge in [0.05, 0.1) is 5.56 Å². The number of hydrogen-bond acceptors (Lipinski definition) is 4. The molecule has 3 aromatic rings. The zero-order valence-electron chi connectivity index (χ0n) is 19.0. The Morgan fingerprint density at radius 3 is 2.64 bits per heavy atom. The number of benzene rings is 3. The molecule has 0 aliphatic carbocycles. The molecule has 3 aromatic carbocycles. The monoisotopic (exact) mass is 440 g/mol. The second-order valence-corrected chi connectivity index (χ2v) is 8.64. The highest BCUT2D eigenvalue weighted by atomic mass is 16.5. The summed E-state index contributed by atoms with van der Waals surface area (Å²) in [5.74, 6) is 2.44. The van der Waals surface area contributed by atoms with E-state index >= 15 is 0 Å². The molecule has 2 aliphatic rings. The molecule has 0 aromatic heterocycles. The van der Waals surface area contributed by atoms with Gasteiger partial charge in [-0.05, 0) is 43.7 Å². The van der Waals surface area contributed by atoms with Gasteiger partial charge in [-0.15, -0.1) is 0 Å². The van der Waals surface area contributed by atoms with Crippen LogP contribution in [0.4, 0.5) is 10.5 Å². The van der Waals surface area contributed by atoms with Crippen LogP contribution in [0.2, 0.25) is 0 Å². The first-order chi connectivity index (χ1) is 16.1. The van der Waals surface area contributed by atoms with Gasteiger partial charge < -0.3 is 19.9 Å². The number of para-hydroxylation sites is 3. The Morgan fingerprint density at radius 1 is 1.03 bits per heavy atom. The van der Waals surface area contributed by atoms with E-state index in [9.17, 15) is 4.79 Å². The van der Waals surface area contributed by atoms with Crippen molar-refractivity contribution < 1.29 is 9.53 Å². The molecule has 6 nitrogen and oxygen atoms in total. The first kappa shape index (κ1) is 21.1. The average Bonchev–Trinajstić information content (AvgIpc) is 2.99. The van der Waals surface area contributed by atoms with Gasteiger partial charge in [-0.1, -0.05) is 54.1 Å². The molecule has 168 valence electrons. The zero-order valence-corrected chi connectivity index (χ0v) is 19.0. The highest BCUT2D eigenvalue weighted by Crippen LogP contribution is 2.38. The van der Waals surface area contributed by atoms with E-state index in [2.05, 4.69) is 36.2 Å². The lowest BCUT2D eigenvalue weighted by atomic mass is 10.1. The predicted molar refractivity (Wildman–Crippen MR) is 130 cm³/mol. The second kappa shape index (κ2) is 8.98. The summed E-state index contributed by atoms with van der Waals surface area (Å²) in [6.07, 6.45) is 0. The quantitative estimate of drug-likeness (QED) is 0.604. The molecule has 0 spiro atoms. The summed E-state index contributed by atoms with van der Waals surface area (Å²) in [4.78, 5) is 22.1. The van der Waals surface area contributed by atoms with Crippen molar-refractivity contribution in [2.24, 2.45) is 4.99 Å². The maximum Gasteiger partial charge on any atom is 0.318 e. The molecule has 1 unspecified atom stereocenters. The minimum atomic E-state index is -0.0273. The van der Waals surface area contributed by atoms with E-state index in [0.717, 1.165) is 34.1 Å². The summed E-state index contributed by atoms with van der Waals surface area (Å²) in [5.41, 5.74) is 4.09. The number of ether oxygens (including phenoxy) is 1. The van der Waals surface area contributed by atoms with E-state index in [0.29, 0.717) is 26.2 Å². The van der Waals surface area contributed by atoms with Crippen molar-refractivity contribution in [2.45, 2.75) is 26.4 Å². The van der Waals surface area contributed by atoms with Crippen LogP contribution in [0.25, 0.3) is 0 Å². The van der Waals surface area contributed by atoms with Crippen molar-refractivity contribution in [3.63, 3.8) is 0 Å². The van der Waals surface area contributed by atoms with Gasteiger partial charge in [0.1, 0.15) is 17.3 Å². The highest BCUT2D eigenvalue weighted by Gasteiger charge is 2.31. The predicted octanol–water partition coefficient (Wildman–Crippen LogP) is 5.09.